The number of benzene rings is 4. The molecule has 8 heteroatoms. The zero-order valence-corrected chi connectivity index (χ0v) is 24.3. The lowest BCUT2D eigenvalue weighted by molar-refractivity contribution is 1.03. The molecule has 0 saturated heterocycles. The SMILES string of the molecule is C=CCN(C)c1ccc(N=Nc2ccc(NCCNc3ccc(N=Nc4ccc(N(C)CC=C)cc4)cc3)cc2)cc1. The summed E-state index contributed by atoms with van der Waals surface area (Å²) < 4.78 is 0. The summed E-state index contributed by atoms with van der Waals surface area (Å²) in [5, 5.41) is 24.2. The Labute approximate surface area is 248 Å². The molecule has 0 aliphatic heterocycles. The van der Waals surface area contributed by atoms with Crippen LogP contribution in [-0.2, 0) is 0 Å². The van der Waals surface area contributed by atoms with Gasteiger partial charge in [-0.3, -0.25) is 0 Å². The minimum absolute atomic E-state index is 0.771. The minimum atomic E-state index is 0.771. The first kappa shape index (κ1) is 29.7. The summed E-state index contributed by atoms with van der Waals surface area (Å²) in [6.07, 6.45) is 3.76. The van der Waals surface area contributed by atoms with Crippen LogP contribution < -0.4 is 20.4 Å². The van der Waals surface area contributed by atoms with Crippen LogP contribution in [0.4, 0.5) is 45.5 Å². The Kier molecular flexibility index (Phi) is 11.0. The van der Waals surface area contributed by atoms with Crippen LogP contribution in [0.2, 0.25) is 0 Å². The average Bonchev–Trinajstić information content (AvgIpc) is 3.03. The van der Waals surface area contributed by atoms with E-state index in [0.717, 1.165) is 71.7 Å². The predicted octanol–water partition coefficient (Wildman–Crippen LogP) is 9.29. The molecule has 4 aromatic carbocycles. The standard InChI is InChI=1S/C34H38N8/c1-5-25-41(3)33-19-15-31(16-20-33)39-37-29-11-7-27(8-12-29)35-23-24-36-28-9-13-30(14-10-28)38-40-32-17-21-34(22-18-32)42(4)26-6-2/h5-22,35-36H,1-2,23-26H2,3-4H3. The molecule has 42 heavy (non-hydrogen) atoms. The summed E-state index contributed by atoms with van der Waals surface area (Å²) in [5.41, 5.74) is 7.52. The highest BCUT2D eigenvalue weighted by Gasteiger charge is 2.01. The summed E-state index contributed by atoms with van der Waals surface area (Å²) in [6, 6.07) is 31.8. The number of rotatable bonds is 15. The largest absolute Gasteiger partial charge is 0.383 e. The van der Waals surface area contributed by atoms with Crippen LogP contribution in [0.3, 0.4) is 0 Å². The lowest BCUT2D eigenvalue weighted by Gasteiger charge is -2.16. The van der Waals surface area contributed by atoms with E-state index in [0.29, 0.717) is 0 Å². The van der Waals surface area contributed by atoms with Gasteiger partial charge < -0.3 is 20.4 Å². The Morgan fingerprint density at radius 1 is 0.500 bits per heavy atom. The molecule has 0 atom stereocenters. The molecule has 2 N–H and O–H groups in total. The Bertz CT molecular complexity index is 1340. The second-order valence-electron chi connectivity index (χ2n) is 9.72. The average molecular weight is 559 g/mol. The Hall–Kier alpha value is -5.24. The van der Waals surface area contributed by atoms with Gasteiger partial charge in [0, 0.05) is 63.0 Å². The van der Waals surface area contributed by atoms with Crippen molar-refractivity contribution < 1.29 is 0 Å². The van der Waals surface area contributed by atoms with E-state index in [1.165, 1.54) is 0 Å². The lowest BCUT2D eigenvalue weighted by atomic mass is 10.2. The van der Waals surface area contributed by atoms with E-state index in [1.54, 1.807) is 0 Å². The van der Waals surface area contributed by atoms with E-state index >= 15 is 0 Å². The normalized spacial score (nSPS) is 11.0. The fourth-order valence-electron chi connectivity index (χ4n) is 4.08. The van der Waals surface area contributed by atoms with Gasteiger partial charge in [0.1, 0.15) is 0 Å². The topological polar surface area (TPSA) is 80.0 Å². The quantitative estimate of drug-likeness (QED) is 0.0865. The van der Waals surface area contributed by atoms with Crippen molar-refractivity contribution in [3.63, 3.8) is 0 Å². The van der Waals surface area contributed by atoms with Crippen LogP contribution in [-0.4, -0.2) is 40.3 Å². The van der Waals surface area contributed by atoms with Gasteiger partial charge in [0.2, 0.25) is 0 Å². The molecule has 0 heterocycles. The monoisotopic (exact) mass is 558 g/mol. The molecule has 0 spiro atoms. The maximum atomic E-state index is 4.35. The van der Waals surface area contributed by atoms with E-state index in [9.17, 15) is 0 Å². The molecule has 214 valence electrons. The molecular formula is C34H38N8. The first-order valence-corrected chi connectivity index (χ1v) is 13.9. The van der Waals surface area contributed by atoms with Crippen molar-refractivity contribution in [2.75, 3.05) is 60.7 Å². The summed E-state index contributed by atoms with van der Waals surface area (Å²) in [6.45, 7) is 10.7. The molecule has 0 aliphatic carbocycles. The molecule has 0 amide bonds. The fourth-order valence-corrected chi connectivity index (χ4v) is 4.08. The van der Waals surface area contributed by atoms with Crippen LogP contribution in [0.15, 0.2) is 143 Å². The predicted molar refractivity (Wildman–Crippen MR) is 178 cm³/mol. The number of azo groups is 2. The fraction of sp³-hybridized carbons (Fsp3) is 0.176. The summed E-state index contributed by atoms with van der Waals surface area (Å²) >= 11 is 0. The molecule has 0 unspecified atom stereocenters. The van der Waals surface area contributed by atoms with Gasteiger partial charge in [0.25, 0.3) is 0 Å². The number of nitrogens with one attached hydrogen (secondary N) is 2. The van der Waals surface area contributed by atoms with Crippen LogP contribution in [0.25, 0.3) is 0 Å². The van der Waals surface area contributed by atoms with E-state index in [1.807, 2.05) is 123 Å². The first-order chi connectivity index (χ1) is 20.5. The van der Waals surface area contributed by atoms with E-state index < -0.39 is 0 Å². The number of nitrogens with zero attached hydrogens (tertiary/aromatic N) is 6. The van der Waals surface area contributed by atoms with Crippen molar-refractivity contribution in [1.82, 2.24) is 0 Å². The zero-order chi connectivity index (χ0) is 29.6. The molecular weight excluding hydrogens is 520 g/mol. The van der Waals surface area contributed by atoms with E-state index in [-0.39, 0.29) is 0 Å². The van der Waals surface area contributed by atoms with Crippen molar-refractivity contribution >= 4 is 45.5 Å². The van der Waals surface area contributed by atoms with Crippen LogP contribution in [0.5, 0.6) is 0 Å². The Morgan fingerprint density at radius 3 is 1.07 bits per heavy atom. The molecule has 0 saturated carbocycles. The number of hydrogen-bond donors (Lipinski definition) is 2. The van der Waals surface area contributed by atoms with Crippen molar-refractivity contribution in [2.45, 2.75) is 0 Å². The van der Waals surface area contributed by atoms with Crippen LogP contribution in [0, 0.1) is 0 Å². The summed E-state index contributed by atoms with van der Waals surface area (Å²) in [7, 11) is 4.06. The minimum Gasteiger partial charge on any atom is -0.383 e. The first-order valence-electron chi connectivity index (χ1n) is 13.9. The molecule has 0 aliphatic rings. The van der Waals surface area contributed by atoms with Crippen molar-refractivity contribution in [1.29, 1.82) is 0 Å². The van der Waals surface area contributed by atoms with E-state index in [2.05, 4.69) is 54.0 Å². The third kappa shape index (κ3) is 9.16. The molecule has 4 aromatic rings. The molecule has 0 radical (unpaired) electrons. The molecule has 0 aromatic heterocycles. The smallest absolute Gasteiger partial charge is 0.0858 e. The maximum absolute atomic E-state index is 4.35. The van der Waals surface area contributed by atoms with Gasteiger partial charge in [0.05, 0.1) is 22.7 Å². The summed E-state index contributed by atoms with van der Waals surface area (Å²) in [5.74, 6) is 0. The molecule has 0 bridgehead atoms. The number of anilines is 4. The van der Waals surface area contributed by atoms with Crippen molar-refractivity contribution in [2.24, 2.45) is 20.5 Å². The number of hydrogen-bond acceptors (Lipinski definition) is 8. The van der Waals surface area contributed by atoms with Gasteiger partial charge in [0.15, 0.2) is 0 Å². The summed E-state index contributed by atoms with van der Waals surface area (Å²) in [4.78, 5) is 4.23. The van der Waals surface area contributed by atoms with E-state index in [4.69, 9.17) is 0 Å². The van der Waals surface area contributed by atoms with Crippen LogP contribution in [0.1, 0.15) is 0 Å². The molecule has 0 fully saturated rings. The second-order valence-corrected chi connectivity index (χ2v) is 9.72. The molecule has 8 nitrogen and oxygen atoms in total. The van der Waals surface area contributed by atoms with Gasteiger partial charge in [-0.2, -0.15) is 20.5 Å². The third-order valence-corrected chi connectivity index (χ3v) is 6.47. The lowest BCUT2D eigenvalue weighted by Crippen LogP contribution is -2.15. The van der Waals surface area contributed by atoms with Crippen LogP contribution >= 0.6 is 0 Å². The number of likely N-dealkylation sites (N-methyl/N-ethyl adjacent to an activating group) is 2. The maximum Gasteiger partial charge on any atom is 0.0858 e. The van der Waals surface area contributed by atoms with Crippen molar-refractivity contribution in [3.05, 3.63) is 122 Å². The Balaban J connectivity index is 1.18. The van der Waals surface area contributed by atoms with Gasteiger partial charge in [-0.05, 0) is 97.1 Å². The highest BCUT2D eigenvalue weighted by Crippen LogP contribution is 2.24. The highest BCUT2D eigenvalue weighted by molar-refractivity contribution is 5.55. The zero-order valence-electron chi connectivity index (χ0n) is 24.3. The van der Waals surface area contributed by atoms with Gasteiger partial charge in [-0.1, -0.05) is 12.2 Å². The third-order valence-electron chi connectivity index (χ3n) is 6.47. The van der Waals surface area contributed by atoms with Gasteiger partial charge in [-0.15, -0.1) is 13.2 Å². The van der Waals surface area contributed by atoms with Crippen molar-refractivity contribution in [3.8, 4) is 0 Å². The second kappa shape index (κ2) is 15.5. The highest BCUT2D eigenvalue weighted by atomic mass is 15.1. The molecule has 4 rings (SSSR count). The Morgan fingerprint density at radius 2 is 0.786 bits per heavy atom. The van der Waals surface area contributed by atoms with Gasteiger partial charge in [-0.25, -0.2) is 0 Å². The van der Waals surface area contributed by atoms with Gasteiger partial charge >= 0.3 is 0 Å².